The zero-order chi connectivity index (χ0) is 23.0. The lowest BCUT2D eigenvalue weighted by Gasteiger charge is -2.32. The molecule has 174 valence electrons. The van der Waals surface area contributed by atoms with Gasteiger partial charge in [0.15, 0.2) is 0 Å². The molecule has 0 atom stereocenters. The first-order chi connectivity index (χ1) is 16.1. The highest BCUT2D eigenvalue weighted by Gasteiger charge is 2.25. The topological polar surface area (TPSA) is 73.7 Å². The Morgan fingerprint density at radius 1 is 1.00 bits per heavy atom. The van der Waals surface area contributed by atoms with Crippen molar-refractivity contribution in [1.82, 2.24) is 14.5 Å². The van der Waals surface area contributed by atoms with Gasteiger partial charge in [0, 0.05) is 26.1 Å². The van der Waals surface area contributed by atoms with Gasteiger partial charge >= 0.3 is 5.97 Å². The van der Waals surface area contributed by atoms with Gasteiger partial charge in [-0.1, -0.05) is 30.3 Å². The summed E-state index contributed by atoms with van der Waals surface area (Å²) < 4.78 is 13.2. The normalized spacial score (nSPS) is 14.4. The number of imidazole rings is 1. The summed E-state index contributed by atoms with van der Waals surface area (Å²) in [4.78, 5) is 30.7. The Kier molecular flexibility index (Phi) is 7.60. The number of benzene rings is 2. The molecule has 1 aliphatic rings. The SMILES string of the molecule is CCOC(=O)CCC(=O)N1CCC(Cn2c(COc3ccccc3)nc3ccccc32)CC1. The van der Waals surface area contributed by atoms with Gasteiger partial charge in [-0.3, -0.25) is 9.59 Å². The minimum Gasteiger partial charge on any atom is -0.486 e. The van der Waals surface area contributed by atoms with Crippen LogP contribution in [0.25, 0.3) is 11.0 Å². The van der Waals surface area contributed by atoms with Crippen molar-refractivity contribution in [3.63, 3.8) is 0 Å². The van der Waals surface area contributed by atoms with Crippen LogP contribution in [0.1, 0.15) is 38.4 Å². The number of carbonyl (C=O) groups excluding carboxylic acids is 2. The molecule has 2 heterocycles. The van der Waals surface area contributed by atoms with Gasteiger partial charge in [-0.15, -0.1) is 0 Å². The third-order valence-electron chi connectivity index (χ3n) is 6.10. The van der Waals surface area contributed by atoms with Gasteiger partial charge in [-0.2, -0.15) is 0 Å². The molecule has 7 nitrogen and oxygen atoms in total. The predicted octanol–water partition coefficient (Wildman–Crippen LogP) is 4.20. The highest BCUT2D eigenvalue weighted by molar-refractivity contribution is 5.81. The summed E-state index contributed by atoms with van der Waals surface area (Å²) >= 11 is 0. The summed E-state index contributed by atoms with van der Waals surface area (Å²) in [5.41, 5.74) is 2.08. The van der Waals surface area contributed by atoms with Gasteiger partial charge in [0.05, 0.1) is 24.1 Å². The summed E-state index contributed by atoms with van der Waals surface area (Å²) in [7, 11) is 0. The molecule has 0 radical (unpaired) electrons. The number of para-hydroxylation sites is 3. The number of piperidine rings is 1. The van der Waals surface area contributed by atoms with Crippen LogP contribution in [0.5, 0.6) is 5.75 Å². The zero-order valence-corrected chi connectivity index (χ0v) is 19.1. The third-order valence-corrected chi connectivity index (χ3v) is 6.10. The van der Waals surface area contributed by atoms with E-state index in [1.165, 1.54) is 0 Å². The number of rotatable bonds is 9. The Hall–Kier alpha value is -3.35. The van der Waals surface area contributed by atoms with Crippen molar-refractivity contribution in [2.75, 3.05) is 19.7 Å². The van der Waals surface area contributed by atoms with E-state index in [0.717, 1.165) is 55.1 Å². The van der Waals surface area contributed by atoms with Gasteiger partial charge in [-0.05, 0) is 49.9 Å². The molecule has 0 spiro atoms. The van der Waals surface area contributed by atoms with E-state index in [1.54, 1.807) is 6.92 Å². The lowest BCUT2D eigenvalue weighted by atomic mass is 9.96. The van der Waals surface area contributed by atoms with E-state index in [2.05, 4.69) is 10.6 Å². The fourth-order valence-electron chi connectivity index (χ4n) is 4.33. The van der Waals surface area contributed by atoms with Crippen LogP contribution in [0.4, 0.5) is 0 Å². The second-order valence-corrected chi connectivity index (χ2v) is 8.36. The number of amides is 1. The van der Waals surface area contributed by atoms with Gasteiger partial charge in [0.1, 0.15) is 18.2 Å². The highest BCUT2D eigenvalue weighted by Crippen LogP contribution is 2.25. The Morgan fingerprint density at radius 2 is 1.73 bits per heavy atom. The number of carbonyl (C=O) groups is 2. The van der Waals surface area contributed by atoms with Crippen molar-refractivity contribution in [1.29, 1.82) is 0 Å². The van der Waals surface area contributed by atoms with E-state index in [4.69, 9.17) is 14.5 Å². The van der Waals surface area contributed by atoms with Crippen LogP contribution < -0.4 is 4.74 Å². The van der Waals surface area contributed by atoms with Crippen LogP contribution >= 0.6 is 0 Å². The number of esters is 1. The molecule has 1 aromatic heterocycles. The highest BCUT2D eigenvalue weighted by atomic mass is 16.5. The van der Waals surface area contributed by atoms with Gasteiger partial charge in [0.25, 0.3) is 0 Å². The molecule has 4 rings (SSSR count). The second kappa shape index (κ2) is 11.0. The maximum Gasteiger partial charge on any atom is 0.306 e. The van der Waals surface area contributed by atoms with E-state index in [1.807, 2.05) is 53.4 Å². The van der Waals surface area contributed by atoms with Crippen molar-refractivity contribution in [3.8, 4) is 5.75 Å². The van der Waals surface area contributed by atoms with Gasteiger partial charge in [-0.25, -0.2) is 4.98 Å². The smallest absolute Gasteiger partial charge is 0.306 e. The number of likely N-dealkylation sites (tertiary alicyclic amines) is 1. The number of hydrogen-bond acceptors (Lipinski definition) is 5. The van der Waals surface area contributed by atoms with Crippen molar-refractivity contribution in [3.05, 3.63) is 60.4 Å². The lowest BCUT2D eigenvalue weighted by Crippen LogP contribution is -2.39. The standard InChI is InChI=1S/C26H31N3O4/c1-2-32-26(31)13-12-25(30)28-16-14-20(15-17-28)18-29-23-11-7-6-10-22(23)27-24(29)19-33-21-8-4-3-5-9-21/h3-11,20H,2,12-19H2,1H3. The van der Waals surface area contributed by atoms with E-state index >= 15 is 0 Å². The number of aromatic nitrogens is 2. The zero-order valence-electron chi connectivity index (χ0n) is 19.1. The van der Waals surface area contributed by atoms with E-state index in [0.29, 0.717) is 19.1 Å². The fraction of sp³-hybridized carbons (Fsp3) is 0.423. The lowest BCUT2D eigenvalue weighted by molar-refractivity contribution is -0.146. The van der Waals surface area contributed by atoms with Crippen molar-refractivity contribution in [2.24, 2.45) is 5.92 Å². The Bertz CT molecular complexity index is 1070. The van der Waals surface area contributed by atoms with Crippen LogP contribution in [0.2, 0.25) is 0 Å². The Morgan fingerprint density at radius 3 is 2.48 bits per heavy atom. The maximum absolute atomic E-state index is 12.5. The Balaban J connectivity index is 1.37. The van der Waals surface area contributed by atoms with Crippen molar-refractivity contribution >= 4 is 22.9 Å². The first-order valence-electron chi connectivity index (χ1n) is 11.7. The molecule has 0 bridgehead atoms. The monoisotopic (exact) mass is 449 g/mol. The van der Waals surface area contributed by atoms with Gasteiger partial charge in [0.2, 0.25) is 5.91 Å². The summed E-state index contributed by atoms with van der Waals surface area (Å²) in [5.74, 6) is 1.91. The molecule has 0 aliphatic carbocycles. The minimum absolute atomic E-state index is 0.0338. The summed E-state index contributed by atoms with van der Waals surface area (Å²) in [6.07, 6.45) is 2.22. The second-order valence-electron chi connectivity index (χ2n) is 8.36. The number of hydrogen-bond donors (Lipinski definition) is 0. The number of nitrogens with zero attached hydrogens (tertiary/aromatic N) is 3. The summed E-state index contributed by atoms with van der Waals surface area (Å²) in [5, 5.41) is 0. The van der Waals surface area contributed by atoms with E-state index in [-0.39, 0.29) is 24.7 Å². The van der Waals surface area contributed by atoms with Crippen LogP contribution in [0.15, 0.2) is 54.6 Å². The largest absolute Gasteiger partial charge is 0.486 e. The van der Waals surface area contributed by atoms with Crippen molar-refractivity contribution in [2.45, 2.75) is 45.8 Å². The molecule has 0 saturated carbocycles. The van der Waals surface area contributed by atoms with Crippen LogP contribution in [0.3, 0.4) is 0 Å². The van der Waals surface area contributed by atoms with E-state index in [9.17, 15) is 9.59 Å². The molecule has 1 fully saturated rings. The molecule has 2 aromatic carbocycles. The molecule has 1 amide bonds. The molecule has 0 N–H and O–H groups in total. The molecular weight excluding hydrogens is 418 g/mol. The predicted molar refractivity (Wildman–Crippen MR) is 126 cm³/mol. The molecule has 1 saturated heterocycles. The molecule has 33 heavy (non-hydrogen) atoms. The molecule has 3 aromatic rings. The van der Waals surface area contributed by atoms with Crippen LogP contribution in [0, 0.1) is 5.92 Å². The summed E-state index contributed by atoms with van der Waals surface area (Å²) in [6.45, 7) is 4.80. The quantitative estimate of drug-likeness (QED) is 0.458. The number of ether oxygens (including phenoxy) is 2. The van der Waals surface area contributed by atoms with Gasteiger partial charge < -0.3 is 18.9 Å². The molecule has 7 heteroatoms. The number of fused-ring (bicyclic) bond motifs is 1. The Labute approximate surface area is 194 Å². The van der Waals surface area contributed by atoms with Crippen LogP contribution in [-0.2, 0) is 27.5 Å². The molecule has 0 unspecified atom stereocenters. The molecule has 1 aliphatic heterocycles. The minimum atomic E-state index is -0.307. The third kappa shape index (κ3) is 5.92. The summed E-state index contributed by atoms with van der Waals surface area (Å²) in [6, 6.07) is 17.9. The van der Waals surface area contributed by atoms with Crippen LogP contribution in [-0.4, -0.2) is 46.0 Å². The fourth-order valence-corrected chi connectivity index (χ4v) is 4.33. The van der Waals surface area contributed by atoms with Crippen molar-refractivity contribution < 1.29 is 19.1 Å². The average molecular weight is 450 g/mol. The first-order valence-corrected chi connectivity index (χ1v) is 11.7. The maximum atomic E-state index is 12.5. The molecular formula is C26H31N3O4. The van der Waals surface area contributed by atoms with E-state index < -0.39 is 0 Å². The first kappa shape index (κ1) is 22.8. The average Bonchev–Trinajstić information content (AvgIpc) is 3.20.